The minimum absolute atomic E-state index is 0.142. The van der Waals surface area contributed by atoms with Gasteiger partial charge >= 0.3 is 0 Å². The Bertz CT molecular complexity index is 363. The molecule has 0 aliphatic heterocycles. The second-order valence-corrected chi connectivity index (χ2v) is 4.56. The summed E-state index contributed by atoms with van der Waals surface area (Å²) < 4.78 is 4.85. The van der Waals surface area contributed by atoms with E-state index in [1.54, 1.807) is 12.5 Å². The van der Waals surface area contributed by atoms with Crippen molar-refractivity contribution in [1.82, 2.24) is 10.3 Å². The van der Waals surface area contributed by atoms with Gasteiger partial charge in [-0.1, -0.05) is 0 Å². The Balaban J connectivity index is 1.82. The van der Waals surface area contributed by atoms with Gasteiger partial charge in [0.15, 0.2) is 5.13 Å². The van der Waals surface area contributed by atoms with Gasteiger partial charge in [0.2, 0.25) is 0 Å². The fraction of sp³-hybridized carbons (Fsp3) is 0.600. The van der Waals surface area contributed by atoms with E-state index < -0.39 is 0 Å². The highest BCUT2D eigenvalue weighted by molar-refractivity contribution is 7.13. The van der Waals surface area contributed by atoms with Crippen LogP contribution in [0.1, 0.15) is 23.3 Å². The number of carbonyl (C=O) groups is 1. The molecule has 2 N–H and O–H groups in total. The van der Waals surface area contributed by atoms with E-state index in [2.05, 4.69) is 15.6 Å². The third kappa shape index (κ3) is 3.18. The van der Waals surface area contributed by atoms with Crippen LogP contribution in [0.15, 0.2) is 5.38 Å². The van der Waals surface area contributed by atoms with Crippen molar-refractivity contribution in [1.29, 1.82) is 0 Å². The monoisotopic (exact) mass is 241 g/mol. The normalized spacial score (nSPS) is 14.8. The molecule has 16 heavy (non-hydrogen) atoms. The summed E-state index contributed by atoms with van der Waals surface area (Å²) in [5.41, 5.74) is 0.476. The first-order valence-corrected chi connectivity index (χ1v) is 6.17. The molecule has 6 heteroatoms. The van der Waals surface area contributed by atoms with Gasteiger partial charge in [-0.05, 0) is 12.8 Å². The van der Waals surface area contributed by atoms with Crippen molar-refractivity contribution in [3.63, 3.8) is 0 Å². The number of nitrogens with zero attached hydrogens (tertiary/aromatic N) is 1. The van der Waals surface area contributed by atoms with Gasteiger partial charge in [-0.2, -0.15) is 0 Å². The van der Waals surface area contributed by atoms with E-state index in [0.29, 0.717) is 24.9 Å². The summed E-state index contributed by atoms with van der Waals surface area (Å²) in [4.78, 5) is 15.8. The summed E-state index contributed by atoms with van der Waals surface area (Å²) in [7, 11) is 1.60. The SMILES string of the molecule is COCCNC(=O)c1csc(NC2CC2)n1. The molecule has 1 aliphatic carbocycles. The van der Waals surface area contributed by atoms with Gasteiger partial charge in [0.05, 0.1) is 6.61 Å². The van der Waals surface area contributed by atoms with Crippen LogP contribution >= 0.6 is 11.3 Å². The van der Waals surface area contributed by atoms with Gasteiger partial charge < -0.3 is 15.4 Å². The van der Waals surface area contributed by atoms with Crippen LogP contribution in [0.25, 0.3) is 0 Å². The summed E-state index contributed by atoms with van der Waals surface area (Å²) in [5.74, 6) is -0.142. The summed E-state index contributed by atoms with van der Waals surface area (Å²) in [6.07, 6.45) is 2.41. The first-order chi connectivity index (χ1) is 7.79. The highest BCUT2D eigenvalue weighted by Gasteiger charge is 2.22. The molecule has 1 fully saturated rings. The van der Waals surface area contributed by atoms with Crippen molar-refractivity contribution in [2.45, 2.75) is 18.9 Å². The third-order valence-corrected chi connectivity index (χ3v) is 3.01. The number of anilines is 1. The smallest absolute Gasteiger partial charge is 0.270 e. The predicted octanol–water partition coefficient (Wildman–Crippen LogP) is 1.09. The summed E-state index contributed by atoms with van der Waals surface area (Å²) in [5, 5.41) is 8.60. The Kier molecular flexibility index (Phi) is 3.74. The van der Waals surface area contributed by atoms with Gasteiger partial charge in [0, 0.05) is 25.1 Å². The fourth-order valence-corrected chi connectivity index (χ4v) is 1.97. The molecule has 0 saturated heterocycles. The average Bonchev–Trinajstić information content (AvgIpc) is 2.95. The Morgan fingerprint density at radius 2 is 2.50 bits per heavy atom. The van der Waals surface area contributed by atoms with E-state index in [4.69, 9.17) is 4.74 Å². The number of carbonyl (C=O) groups excluding carboxylic acids is 1. The van der Waals surface area contributed by atoms with E-state index >= 15 is 0 Å². The lowest BCUT2D eigenvalue weighted by molar-refractivity contribution is 0.0933. The lowest BCUT2D eigenvalue weighted by atomic mass is 10.4. The maximum atomic E-state index is 11.6. The molecular formula is C10H15N3O2S. The minimum atomic E-state index is -0.142. The third-order valence-electron chi connectivity index (χ3n) is 2.23. The molecule has 0 bridgehead atoms. The van der Waals surface area contributed by atoms with Crippen molar-refractivity contribution in [3.05, 3.63) is 11.1 Å². The number of hydrogen-bond donors (Lipinski definition) is 2. The molecule has 5 nitrogen and oxygen atoms in total. The van der Waals surface area contributed by atoms with Crippen LogP contribution in [0.3, 0.4) is 0 Å². The number of rotatable bonds is 6. The number of hydrogen-bond acceptors (Lipinski definition) is 5. The van der Waals surface area contributed by atoms with Crippen molar-refractivity contribution < 1.29 is 9.53 Å². The molecule has 1 aromatic heterocycles. The maximum absolute atomic E-state index is 11.6. The Morgan fingerprint density at radius 3 is 3.19 bits per heavy atom. The largest absolute Gasteiger partial charge is 0.383 e. The van der Waals surface area contributed by atoms with Crippen LogP contribution in [-0.4, -0.2) is 37.2 Å². The predicted molar refractivity (Wildman–Crippen MR) is 63.0 cm³/mol. The molecule has 0 atom stereocenters. The van der Waals surface area contributed by atoms with Crippen molar-refractivity contribution in [2.24, 2.45) is 0 Å². The maximum Gasteiger partial charge on any atom is 0.270 e. The van der Waals surface area contributed by atoms with Crippen LogP contribution < -0.4 is 10.6 Å². The second-order valence-electron chi connectivity index (χ2n) is 3.71. The molecule has 0 unspecified atom stereocenters. The van der Waals surface area contributed by atoms with Gasteiger partial charge in [0.1, 0.15) is 5.69 Å². The van der Waals surface area contributed by atoms with Crippen LogP contribution in [0.5, 0.6) is 0 Å². The molecule has 1 saturated carbocycles. The second kappa shape index (κ2) is 5.27. The van der Waals surface area contributed by atoms with E-state index in [0.717, 1.165) is 5.13 Å². The van der Waals surface area contributed by atoms with Gasteiger partial charge in [0.25, 0.3) is 5.91 Å². The average molecular weight is 241 g/mol. The summed E-state index contributed by atoms with van der Waals surface area (Å²) in [6, 6.07) is 0.565. The van der Waals surface area contributed by atoms with Crippen LogP contribution in [0.4, 0.5) is 5.13 Å². The zero-order valence-corrected chi connectivity index (χ0v) is 9.97. The highest BCUT2D eigenvalue weighted by atomic mass is 32.1. The molecule has 88 valence electrons. The van der Waals surface area contributed by atoms with Crippen molar-refractivity contribution in [2.75, 3.05) is 25.6 Å². The van der Waals surface area contributed by atoms with Crippen LogP contribution in [-0.2, 0) is 4.74 Å². The number of methoxy groups -OCH3 is 1. The fourth-order valence-electron chi connectivity index (χ4n) is 1.20. The molecule has 1 heterocycles. The molecule has 1 aromatic rings. The Morgan fingerprint density at radius 1 is 1.69 bits per heavy atom. The number of amides is 1. The van der Waals surface area contributed by atoms with Gasteiger partial charge in [-0.25, -0.2) is 4.98 Å². The van der Waals surface area contributed by atoms with Gasteiger partial charge in [-0.3, -0.25) is 4.79 Å². The van der Waals surface area contributed by atoms with Crippen LogP contribution in [0, 0.1) is 0 Å². The minimum Gasteiger partial charge on any atom is -0.383 e. The number of nitrogens with one attached hydrogen (secondary N) is 2. The molecule has 0 aromatic carbocycles. The van der Waals surface area contributed by atoms with Crippen LogP contribution in [0.2, 0.25) is 0 Å². The van der Waals surface area contributed by atoms with E-state index in [1.807, 2.05) is 0 Å². The summed E-state index contributed by atoms with van der Waals surface area (Å²) >= 11 is 1.47. The highest BCUT2D eigenvalue weighted by Crippen LogP contribution is 2.26. The molecule has 0 radical (unpaired) electrons. The van der Waals surface area contributed by atoms with E-state index in [-0.39, 0.29) is 5.91 Å². The molecular weight excluding hydrogens is 226 g/mol. The number of aromatic nitrogens is 1. The molecule has 1 amide bonds. The van der Waals surface area contributed by atoms with E-state index in [9.17, 15) is 4.79 Å². The topological polar surface area (TPSA) is 63.2 Å². The Hall–Kier alpha value is -1.14. The molecule has 0 spiro atoms. The zero-order valence-electron chi connectivity index (χ0n) is 9.16. The standard InChI is InChI=1S/C10H15N3O2S/c1-15-5-4-11-9(14)8-6-16-10(13-8)12-7-2-3-7/h6-7H,2-5H2,1H3,(H,11,14)(H,12,13). The zero-order chi connectivity index (χ0) is 11.4. The van der Waals surface area contributed by atoms with Gasteiger partial charge in [-0.15, -0.1) is 11.3 Å². The number of thiazole rings is 1. The Labute approximate surface area is 98.2 Å². The number of ether oxygens (including phenoxy) is 1. The van der Waals surface area contributed by atoms with Crippen molar-refractivity contribution in [3.8, 4) is 0 Å². The first-order valence-electron chi connectivity index (χ1n) is 5.29. The first kappa shape index (κ1) is 11.3. The molecule has 2 rings (SSSR count). The van der Waals surface area contributed by atoms with Crippen molar-refractivity contribution >= 4 is 22.4 Å². The lowest BCUT2D eigenvalue weighted by Crippen LogP contribution is -2.27. The van der Waals surface area contributed by atoms with E-state index in [1.165, 1.54) is 24.2 Å². The molecule has 1 aliphatic rings. The quantitative estimate of drug-likeness (QED) is 0.732. The summed E-state index contributed by atoms with van der Waals surface area (Å²) in [6.45, 7) is 1.03. The lowest BCUT2D eigenvalue weighted by Gasteiger charge is -2.01.